The topological polar surface area (TPSA) is 89.4 Å². The molecule has 0 aliphatic rings. The van der Waals surface area contributed by atoms with Crippen molar-refractivity contribution in [2.45, 2.75) is 6.92 Å². The number of rotatable bonds is 4. The fraction of sp³-hybridized carbons (Fsp3) is 0.0714. The molecule has 5 rings (SSSR count). The van der Waals surface area contributed by atoms with E-state index in [9.17, 15) is 14.4 Å². The number of ether oxygens (including phenoxy) is 1. The van der Waals surface area contributed by atoms with Crippen molar-refractivity contribution in [2.24, 2.45) is 0 Å². The van der Waals surface area contributed by atoms with E-state index in [1.54, 1.807) is 41.0 Å². The lowest BCUT2D eigenvalue weighted by molar-refractivity contribution is 0.0607. The van der Waals surface area contributed by atoms with Crippen molar-refractivity contribution in [1.29, 1.82) is 0 Å². The van der Waals surface area contributed by atoms with Crippen LogP contribution in [0.3, 0.4) is 0 Å². The highest BCUT2D eigenvalue weighted by molar-refractivity contribution is 7.80. The number of aryl methyl sites for hydroxylation is 1. The number of thiocarbonyl (C=S) groups is 1. The number of anilines is 1. The number of esters is 1. The van der Waals surface area contributed by atoms with Crippen molar-refractivity contribution in [3.8, 4) is 5.69 Å². The van der Waals surface area contributed by atoms with Crippen LogP contribution in [0.5, 0.6) is 0 Å². The van der Waals surface area contributed by atoms with Gasteiger partial charge in [-0.1, -0.05) is 54.6 Å². The lowest BCUT2D eigenvalue weighted by Gasteiger charge is -2.14. The monoisotopic (exact) mass is 527 g/mol. The van der Waals surface area contributed by atoms with Crippen molar-refractivity contribution in [3.63, 3.8) is 0 Å². The molecule has 2 aromatic heterocycles. The summed E-state index contributed by atoms with van der Waals surface area (Å²) < 4.78 is 6.68. The predicted octanol–water partition coefficient (Wildman–Crippen LogP) is 5.43. The number of nitrogens with one attached hydrogen (secondary N) is 2. The van der Waals surface area contributed by atoms with Crippen LogP contribution in [0.2, 0.25) is 0 Å². The third-order valence-corrected chi connectivity index (χ3v) is 7.31. The lowest BCUT2D eigenvalue weighted by atomic mass is 10.1. The summed E-state index contributed by atoms with van der Waals surface area (Å²) >= 11 is 6.59. The Kier molecular flexibility index (Phi) is 6.56. The second-order valence-electron chi connectivity index (χ2n) is 8.22. The van der Waals surface area contributed by atoms with Crippen molar-refractivity contribution in [3.05, 3.63) is 105 Å². The zero-order valence-electron chi connectivity index (χ0n) is 19.9. The van der Waals surface area contributed by atoms with Crippen LogP contribution in [0.1, 0.15) is 25.6 Å². The number of pyridine rings is 1. The molecule has 9 heteroatoms. The Labute approximate surface area is 221 Å². The highest BCUT2D eigenvalue weighted by Crippen LogP contribution is 2.40. The van der Waals surface area contributed by atoms with Crippen LogP contribution in [-0.2, 0) is 4.74 Å². The first-order valence-corrected chi connectivity index (χ1v) is 12.5. The summed E-state index contributed by atoms with van der Waals surface area (Å²) in [6.07, 6.45) is 0. The van der Waals surface area contributed by atoms with Crippen molar-refractivity contribution in [1.82, 2.24) is 9.88 Å². The van der Waals surface area contributed by atoms with Gasteiger partial charge in [0.05, 0.1) is 18.5 Å². The number of benzene rings is 3. The van der Waals surface area contributed by atoms with Gasteiger partial charge in [-0.3, -0.25) is 19.5 Å². The first-order valence-electron chi connectivity index (χ1n) is 11.3. The van der Waals surface area contributed by atoms with Crippen molar-refractivity contribution < 1.29 is 14.3 Å². The van der Waals surface area contributed by atoms with Crippen LogP contribution >= 0.6 is 23.6 Å². The molecule has 0 radical (unpaired) electrons. The molecule has 0 fully saturated rings. The van der Waals surface area contributed by atoms with Gasteiger partial charge in [0.2, 0.25) is 0 Å². The molecule has 0 saturated heterocycles. The van der Waals surface area contributed by atoms with E-state index >= 15 is 0 Å². The van der Waals surface area contributed by atoms with Gasteiger partial charge >= 0.3 is 5.97 Å². The smallest absolute Gasteiger partial charge is 0.350 e. The van der Waals surface area contributed by atoms with Gasteiger partial charge in [-0.25, -0.2) is 4.79 Å². The predicted molar refractivity (Wildman–Crippen MR) is 151 cm³/mol. The molecule has 3 aromatic carbocycles. The van der Waals surface area contributed by atoms with Crippen LogP contribution < -0.4 is 16.2 Å². The van der Waals surface area contributed by atoms with Gasteiger partial charge in [-0.15, -0.1) is 11.3 Å². The molecule has 0 aliphatic carbocycles. The summed E-state index contributed by atoms with van der Waals surface area (Å²) in [6, 6.07) is 23.4. The molecule has 1 amide bonds. The third-order valence-electron chi connectivity index (χ3n) is 5.95. The Morgan fingerprint density at radius 1 is 0.919 bits per heavy atom. The minimum atomic E-state index is -0.589. The molecular formula is C28H21N3O4S2. The normalized spacial score (nSPS) is 10.9. The molecule has 37 heavy (non-hydrogen) atoms. The van der Waals surface area contributed by atoms with Gasteiger partial charge in [0.15, 0.2) is 5.11 Å². The highest BCUT2D eigenvalue weighted by Gasteiger charge is 2.26. The van der Waals surface area contributed by atoms with Gasteiger partial charge in [0, 0.05) is 16.3 Å². The van der Waals surface area contributed by atoms with Crippen molar-refractivity contribution in [2.75, 3.05) is 12.4 Å². The SMILES string of the molecule is COC(=O)c1sc2c(c1NC(=S)NC(=O)c1ccccc1)c1ccccc1c(=O)n2-c1ccccc1C. The summed E-state index contributed by atoms with van der Waals surface area (Å²) in [5, 5.41) is 7.48. The largest absolute Gasteiger partial charge is 0.465 e. The molecule has 0 atom stereocenters. The second kappa shape index (κ2) is 9.96. The number of carbonyl (C=O) groups is 2. The lowest BCUT2D eigenvalue weighted by Crippen LogP contribution is -2.34. The summed E-state index contributed by atoms with van der Waals surface area (Å²) in [5.41, 5.74) is 2.20. The Bertz CT molecular complexity index is 1760. The van der Waals surface area contributed by atoms with Gasteiger partial charge in [0.25, 0.3) is 11.5 Å². The van der Waals surface area contributed by atoms with Crippen LogP contribution in [-0.4, -0.2) is 28.7 Å². The molecule has 5 aromatic rings. The van der Waals surface area contributed by atoms with Gasteiger partial charge in [-0.2, -0.15) is 0 Å². The van der Waals surface area contributed by atoms with E-state index in [0.717, 1.165) is 16.9 Å². The summed E-state index contributed by atoms with van der Waals surface area (Å²) in [5.74, 6) is -0.979. The van der Waals surface area contributed by atoms with E-state index in [1.807, 2.05) is 49.4 Å². The minimum Gasteiger partial charge on any atom is -0.465 e. The first kappa shape index (κ1) is 24.4. The summed E-state index contributed by atoms with van der Waals surface area (Å²) in [6.45, 7) is 1.92. The second-order valence-corrected chi connectivity index (χ2v) is 9.63. The Morgan fingerprint density at radius 2 is 1.57 bits per heavy atom. The molecule has 0 unspecified atom stereocenters. The number of para-hydroxylation sites is 1. The molecule has 0 bridgehead atoms. The number of hydrogen-bond acceptors (Lipinski definition) is 6. The van der Waals surface area contributed by atoms with E-state index in [2.05, 4.69) is 10.6 Å². The van der Waals surface area contributed by atoms with Crippen LogP contribution in [0.4, 0.5) is 5.69 Å². The summed E-state index contributed by atoms with van der Waals surface area (Å²) in [4.78, 5) is 40.1. The Morgan fingerprint density at radius 3 is 2.27 bits per heavy atom. The van der Waals surface area contributed by atoms with E-state index in [0.29, 0.717) is 37.9 Å². The molecule has 0 saturated carbocycles. The number of hydrogen-bond donors (Lipinski definition) is 2. The molecule has 2 N–H and O–H groups in total. The Hall–Kier alpha value is -4.34. The van der Waals surface area contributed by atoms with Crippen LogP contribution in [0.15, 0.2) is 83.7 Å². The summed E-state index contributed by atoms with van der Waals surface area (Å²) in [7, 11) is 1.29. The average Bonchev–Trinajstić information content (AvgIpc) is 3.28. The van der Waals surface area contributed by atoms with Gasteiger partial charge in [-0.05, 0) is 54.4 Å². The number of carbonyl (C=O) groups excluding carboxylic acids is 2. The van der Waals surface area contributed by atoms with Gasteiger partial charge in [0.1, 0.15) is 9.71 Å². The molecule has 7 nitrogen and oxygen atoms in total. The standard InChI is InChI=1S/C28H21N3O4S2/c1-16-10-6-9-15-20(16)31-25(33)19-14-8-7-13-18(19)21-22(23(27(34)35-2)37-26(21)31)29-28(36)30-24(32)17-11-4-3-5-12-17/h3-15H,1-2H3,(H2,29,30,32,36). The van der Waals surface area contributed by atoms with E-state index in [4.69, 9.17) is 17.0 Å². The van der Waals surface area contributed by atoms with E-state index < -0.39 is 5.97 Å². The highest BCUT2D eigenvalue weighted by atomic mass is 32.1. The molecule has 184 valence electrons. The quantitative estimate of drug-likeness (QED) is 0.239. The van der Waals surface area contributed by atoms with Crippen molar-refractivity contribution >= 4 is 67.2 Å². The molecule has 2 heterocycles. The average molecular weight is 528 g/mol. The number of aromatic nitrogens is 1. The minimum absolute atomic E-state index is 0.0106. The third kappa shape index (κ3) is 4.39. The fourth-order valence-corrected chi connectivity index (χ4v) is 5.62. The zero-order chi connectivity index (χ0) is 26.1. The maximum absolute atomic E-state index is 13.7. The van der Waals surface area contributed by atoms with Gasteiger partial charge < -0.3 is 10.1 Å². The number of methoxy groups -OCH3 is 1. The Balaban J connectivity index is 1.74. The number of nitrogens with zero attached hydrogens (tertiary/aromatic N) is 1. The number of fused-ring (bicyclic) bond motifs is 3. The maximum atomic E-state index is 13.7. The van der Waals surface area contributed by atoms with E-state index in [1.165, 1.54) is 7.11 Å². The van der Waals surface area contributed by atoms with Crippen LogP contribution in [0.25, 0.3) is 26.7 Å². The molecule has 0 spiro atoms. The molecule has 0 aliphatic heterocycles. The number of amides is 1. The molecular weight excluding hydrogens is 506 g/mol. The maximum Gasteiger partial charge on any atom is 0.350 e. The van der Waals surface area contributed by atoms with Crippen LogP contribution in [0, 0.1) is 6.92 Å². The zero-order valence-corrected chi connectivity index (χ0v) is 21.5. The first-order chi connectivity index (χ1) is 17.9. The fourth-order valence-electron chi connectivity index (χ4n) is 4.23. The van der Waals surface area contributed by atoms with E-state index in [-0.39, 0.29) is 21.5 Å². The number of thiophene rings is 1.